The van der Waals surface area contributed by atoms with Crippen molar-refractivity contribution in [3.63, 3.8) is 0 Å². The van der Waals surface area contributed by atoms with Gasteiger partial charge in [0.25, 0.3) is 5.91 Å². The quantitative estimate of drug-likeness (QED) is 0.749. The van der Waals surface area contributed by atoms with E-state index < -0.39 is 0 Å². The van der Waals surface area contributed by atoms with Crippen LogP contribution in [0.2, 0.25) is 0 Å². The van der Waals surface area contributed by atoms with Gasteiger partial charge in [-0.25, -0.2) is 0 Å². The fourth-order valence-electron chi connectivity index (χ4n) is 1.79. The maximum atomic E-state index is 11.8. The first-order chi connectivity index (χ1) is 10.8. The molecule has 2 heterocycles. The molecule has 110 valence electrons. The molecule has 22 heavy (non-hydrogen) atoms. The molecule has 0 saturated heterocycles. The number of aromatic amines is 1. The first-order valence-corrected chi connectivity index (χ1v) is 6.62. The van der Waals surface area contributed by atoms with Crippen LogP contribution in [-0.2, 0) is 4.79 Å². The Labute approximate surface area is 126 Å². The number of anilines is 1. The Morgan fingerprint density at radius 2 is 1.86 bits per heavy atom. The van der Waals surface area contributed by atoms with Crippen molar-refractivity contribution >= 4 is 11.9 Å². The van der Waals surface area contributed by atoms with Gasteiger partial charge in [0, 0.05) is 18.0 Å². The van der Waals surface area contributed by atoms with Gasteiger partial charge in [0.05, 0.1) is 0 Å². The number of carbonyl (C=O) groups is 1. The minimum absolute atomic E-state index is 0.102. The van der Waals surface area contributed by atoms with Gasteiger partial charge in [-0.1, -0.05) is 18.2 Å². The SMILES string of the molecule is O=C(COc1ccccc1)Nc1nnc(-c2ccncc2)[nH]1. The lowest BCUT2D eigenvalue weighted by molar-refractivity contribution is -0.118. The molecule has 1 amide bonds. The monoisotopic (exact) mass is 295 g/mol. The van der Waals surface area contributed by atoms with Crippen LogP contribution in [-0.4, -0.2) is 32.7 Å². The molecule has 0 fully saturated rings. The summed E-state index contributed by atoms with van der Waals surface area (Å²) in [6.45, 7) is -0.102. The highest BCUT2D eigenvalue weighted by atomic mass is 16.5. The van der Waals surface area contributed by atoms with Gasteiger partial charge < -0.3 is 9.72 Å². The van der Waals surface area contributed by atoms with E-state index in [0.717, 1.165) is 5.56 Å². The Morgan fingerprint density at radius 3 is 2.64 bits per heavy atom. The first kappa shape index (κ1) is 13.7. The molecule has 0 unspecified atom stereocenters. The van der Waals surface area contributed by atoms with Crippen LogP contribution in [0.3, 0.4) is 0 Å². The average Bonchev–Trinajstić information content (AvgIpc) is 3.03. The average molecular weight is 295 g/mol. The van der Waals surface area contributed by atoms with E-state index in [9.17, 15) is 4.79 Å². The zero-order valence-electron chi connectivity index (χ0n) is 11.6. The minimum Gasteiger partial charge on any atom is -0.484 e. The van der Waals surface area contributed by atoms with Gasteiger partial charge >= 0.3 is 0 Å². The van der Waals surface area contributed by atoms with E-state index in [1.165, 1.54) is 0 Å². The highest BCUT2D eigenvalue weighted by Gasteiger charge is 2.09. The van der Waals surface area contributed by atoms with Crippen molar-refractivity contribution in [1.29, 1.82) is 0 Å². The van der Waals surface area contributed by atoms with Crippen molar-refractivity contribution in [2.45, 2.75) is 0 Å². The van der Waals surface area contributed by atoms with Crippen molar-refractivity contribution in [2.75, 3.05) is 11.9 Å². The third-order valence-corrected chi connectivity index (χ3v) is 2.81. The summed E-state index contributed by atoms with van der Waals surface area (Å²) < 4.78 is 5.35. The summed E-state index contributed by atoms with van der Waals surface area (Å²) >= 11 is 0. The topological polar surface area (TPSA) is 92.8 Å². The number of hydrogen-bond acceptors (Lipinski definition) is 5. The van der Waals surface area contributed by atoms with Crippen LogP contribution >= 0.6 is 0 Å². The number of aromatic nitrogens is 4. The minimum atomic E-state index is -0.318. The van der Waals surface area contributed by atoms with Crippen LogP contribution in [0, 0.1) is 0 Å². The molecule has 0 aliphatic heterocycles. The Bertz CT molecular complexity index is 743. The number of benzene rings is 1. The van der Waals surface area contributed by atoms with E-state index in [1.807, 2.05) is 18.2 Å². The Kier molecular flexibility index (Phi) is 4.05. The number of nitrogens with one attached hydrogen (secondary N) is 2. The van der Waals surface area contributed by atoms with E-state index in [-0.39, 0.29) is 18.5 Å². The summed E-state index contributed by atoms with van der Waals surface area (Å²) in [6.07, 6.45) is 3.31. The number of hydrogen-bond donors (Lipinski definition) is 2. The van der Waals surface area contributed by atoms with Crippen LogP contribution in [0.4, 0.5) is 5.95 Å². The van der Waals surface area contributed by atoms with Gasteiger partial charge in [0.15, 0.2) is 12.4 Å². The number of amides is 1. The predicted molar refractivity (Wildman–Crippen MR) is 80.2 cm³/mol. The van der Waals surface area contributed by atoms with Crippen molar-refractivity contribution in [2.24, 2.45) is 0 Å². The molecular weight excluding hydrogens is 282 g/mol. The van der Waals surface area contributed by atoms with E-state index in [2.05, 4.69) is 25.5 Å². The lowest BCUT2D eigenvalue weighted by atomic mass is 10.3. The molecule has 0 aliphatic rings. The number of H-pyrrole nitrogens is 1. The van der Waals surface area contributed by atoms with Crippen LogP contribution in [0.15, 0.2) is 54.9 Å². The third-order valence-electron chi connectivity index (χ3n) is 2.81. The molecule has 1 aromatic carbocycles. The van der Waals surface area contributed by atoms with Crippen LogP contribution in [0.5, 0.6) is 5.75 Å². The number of para-hydroxylation sites is 1. The van der Waals surface area contributed by atoms with Crippen LogP contribution in [0.1, 0.15) is 0 Å². The van der Waals surface area contributed by atoms with E-state index >= 15 is 0 Å². The maximum Gasteiger partial charge on any atom is 0.264 e. The van der Waals surface area contributed by atoms with Crippen LogP contribution < -0.4 is 10.1 Å². The third kappa shape index (κ3) is 3.45. The van der Waals surface area contributed by atoms with Crippen molar-refractivity contribution < 1.29 is 9.53 Å². The van der Waals surface area contributed by atoms with Gasteiger partial charge in [-0.05, 0) is 24.3 Å². The molecule has 3 rings (SSSR count). The molecule has 0 radical (unpaired) electrons. The van der Waals surface area contributed by atoms with Crippen molar-refractivity contribution in [3.8, 4) is 17.1 Å². The Morgan fingerprint density at radius 1 is 1.09 bits per heavy atom. The number of carbonyl (C=O) groups excluding carboxylic acids is 1. The first-order valence-electron chi connectivity index (χ1n) is 6.62. The fourth-order valence-corrected chi connectivity index (χ4v) is 1.79. The van der Waals surface area contributed by atoms with Crippen molar-refractivity contribution in [3.05, 3.63) is 54.9 Å². The Hall–Kier alpha value is -3.22. The molecule has 7 nitrogen and oxygen atoms in total. The van der Waals surface area contributed by atoms with Gasteiger partial charge in [0.2, 0.25) is 5.95 Å². The summed E-state index contributed by atoms with van der Waals surface area (Å²) in [5.74, 6) is 1.14. The second-order valence-electron chi connectivity index (χ2n) is 4.41. The zero-order valence-corrected chi connectivity index (χ0v) is 11.6. The summed E-state index contributed by atoms with van der Waals surface area (Å²) in [5, 5.41) is 10.4. The van der Waals surface area contributed by atoms with Gasteiger partial charge in [-0.2, -0.15) is 0 Å². The Balaban J connectivity index is 1.57. The van der Waals surface area contributed by atoms with Gasteiger partial charge in [0.1, 0.15) is 5.75 Å². The molecule has 0 bridgehead atoms. The summed E-state index contributed by atoms with van der Waals surface area (Å²) in [6, 6.07) is 12.7. The van der Waals surface area contributed by atoms with Gasteiger partial charge in [-0.3, -0.25) is 15.1 Å². The smallest absolute Gasteiger partial charge is 0.264 e. The molecule has 0 spiro atoms. The largest absolute Gasteiger partial charge is 0.484 e. The lowest BCUT2D eigenvalue weighted by Crippen LogP contribution is -2.20. The maximum absolute atomic E-state index is 11.8. The molecule has 0 saturated carbocycles. The fraction of sp³-hybridized carbons (Fsp3) is 0.0667. The zero-order chi connectivity index (χ0) is 15.2. The van der Waals surface area contributed by atoms with E-state index in [1.54, 1.807) is 36.7 Å². The van der Waals surface area contributed by atoms with Crippen molar-refractivity contribution in [1.82, 2.24) is 20.2 Å². The molecule has 7 heteroatoms. The molecule has 0 atom stereocenters. The molecule has 2 aromatic heterocycles. The predicted octanol–water partition coefficient (Wildman–Crippen LogP) is 1.88. The number of ether oxygens (including phenoxy) is 1. The highest BCUT2D eigenvalue weighted by Crippen LogP contribution is 2.14. The lowest BCUT2D eigenvalue weighted by Gasteiger charge is -2.04. The second-order valence-corrected chi connectivity index (χ2v) is 4.41. The number of rotatable bonds is 5. The number of pyridine rings is 1. The standard InChI is InChI=1S/C15H13N5O2/c21-13(10-22-12-4-2-1-3-5-12)17-15-18-14(19-20-15)11-6-8-16-9-7-11/h1-9H,10H2,(H2,17,18,19,20,21). The second kappa shape index (κ2) is 6.49. The van der Waals surface area contributed by atoms with Crippen LogP contribution in [0.25, 0.3) is 11.4 Å². The molecule has 0 aliphatic carbocycles. The summed E-state index contributed by atoms with van der Waals surface area (Å²) in [4.78, 5) is 18.6. The van der Waals surface area contributed by atoms with E-state index in [0.29, 0.717) is 11.6 Å². The molecule has 3 aromatic rings. The summed E-state index contributed by atoms with van der Waals surface area (Å²) in [7, 11) is 0. The normalized spacial score (nSPS) is 10.2. The summed E-state index contributed by atoms with van der Waals surface area (Å²) in [5.41, 5.74) is 0.837. The highest BCUT2D eigenvalue weighted by molar-refractivity contribution is 5.90. The number of nitrogens with zero attached hydrogens (tertiary/aromatic N) is 3. The van der Waals surface area contributed by atoms with Gasteiger partial charge in [-0.15, -0.1) is 10.2 Å². The van der Waals surface area contributed by atoms with E-state index in [4.69, 9.17) is 4.74 Å². The molecule has 2 N–H and O–H groups in total. The molecular formula is C15H13N5O2.